The van der Waals surface area contributed by atoms with Crippen LogP contribution < -0.4 is 5.32 Å². The number of aromatic nitrogens is 4. The minimum atomic E-state index is -0.433. The van der Waals surface area contributed by atoms with Crippen LogP contribution in [0.4, 0.5) is 14.9 Å². The van der Waals surface area contributed by atoms with E-state index >= 15 is 0 Å². The average molecular weight is 366 g/mol. The SMILES string of the molecule is C=C(C)c1cnc2nc(-c3cc(NC(=O)N4CCCC4)ccc3F)cn2n1. The van der Waals surface area contributed by atoms with Gasteiger partial charge >= 0.3 is 6.03 Å². The fourth-order valence-corrected chi connectivity index (χ4v) is 3.03. The summed E-state index contributed by atoms with van der Waals surface area (Å²) in [5, 5.41) is 7.19. The Morgan fingerprint density at radius 1 is 1.30 bits per heavy atom. The van der Waals surface area contributed by atoms with Gasteiger partial charge in [-0.1, -0.05) is 6.58 Å². The summed E-state index contributed by atoms with van der Waals surface area (Å²) in [5.41, 5.74) is 2.60. The number of carbonyl (C=O) groups excluding carboxylic acids is 1. The predicted molar refractivity (Wildman–Crippen MR) is 101 cm³/mol. The van der Waals surface area contributed by atoms with Crippen LogP contribution in [0.1, 0.15) is 25.5 Å². The minimum absolute atomic E-state index is 0.172. The first-order valence-corrected chi connectivity index (χ1v) is 8.75. The summed E-state index contributed by atoms with van der Waals surface area (Å²) in [7, 11) is 0. The van der Waals surface area contributed by atoms with Crippen LogP contribution in [0.5, 0.6) is 0 Å². The molecule has 0 saturated carbocycles. The zero-order valence-corrected chi connectivity index (χ0v) is 14.9. The van der Waals surface area contributed by atoms with E-state index in [0.29, 0.717) is 22.9 Å². The number of carbonyl (C=O) groups is 1. The van der Waals surface area contributed by atoms with Crippen LogP contribution >= 0.6 is 0 Å². The van der Waals surface area contributed by atoms with Crippen LogP contribution in [0.25, 0.3) is 22.6 Å². The summed E-state index contributed by atoms with van der Waals surface area (Å²) in [5.74, 6) is -0.0707. The van der Waals surface area contributed by atoms with Crippen molar-refractivity contribution in [1.29, 1.82) is 0 Å². The predicted octanol–water partition coefficient (Wildman–Crippen LogP) is 3.59. The van der Waals surface area contributed by atoms with E-state index in [1.165, 1.54) is 16.6 Å². The Balaban J connectivity index is 1.65. The first-order chi connectivity index (χ1) is 13.0. The number of fused-ring (bicyclic) bond motifs is 1. The zero-order chi connectivity index (χ0) is 19.0. The van der Waals surface area contributed by atoms with Crippen molar-refractivity contribution in [1.82, 2.24) is 24.5 Å². The molecule has 138 valence electrons. The molecule has 0 atom stereocenters. The molecule has 2 amide bonds. The molecule has 1 N–H and O–H groups in total. The molecule has 27 heavy (non-hydrogen) atoms. The number of anilines is 1. The van der Waals surface area contributed by atoms with E-state index in [1.54, 1.807) is 23.4 Å². The van der Waals surface area contributed by atoms with Gasteiger partial charge in [-0.25, -0.2) is 23.7 Å². The number of urea groups is 1. The van der Waals surface area contributed by atoms with Crippen molar-refractivity contribution in [2.45, 2.75) is 19.8 Å². The summed E-state index contributed by atoms with van der Waals surface area (Å²) in [6.07, 6.45) is 5.21. The van der Waals surface area contributed by atoms with Gasteiger partial charge < -0.3 is 10.2 Å². The van der Waals surface area contributed by atoms with Gasteiger partial charge in [0.2, 0.25) is 0 Å². The highest BCUT2D eigenvalue weighted by atomic mass is 19.1. The number of nitrogens with zero attached hydrogens (tertiary/aromatic N) is 5. The third kappa shape index (κ3) is 3.38. The molecule has 7 nitrogen and oxygen atoms in total. The van der Waals surface area contributed by atoms with Gasteiger partial charge in [0.05, 0.1) is 18.1 Å². The normalized spacial score (nSPS) is 13.9. The van der Waals surface area contributed by atoms with Gasteiger partial charge in [-0.05, 0) is 43.5 Å². The Morgan fingerprint density at radius 2 is 2.07 bits per heavy atom. The maximum atomic E-state index is 14.4. The Hall–Kier alpha value is -3.29. The lowest BCUT2D eigenvalue weighted by atomic mass is 10.1. The molecule has 1 aliphatic rings. The molecule has 3 heterocycles. The van der Waals surface area contributed by atoms with E-state index in [1.807, 2.05) is 6.92 Å². The quantitative estimate of drug-likeness (QED) is 0.769. The molecule has 1 aromatic carbocycles. The number of halogens is 1. The number of nitrogens with one attached hydrogen (secondary N) is 1. The minimum Gasteiger partial charge on any atom is -0.325 e. The maximum Gasteiger partial charge on any atom is 0.321 e. The standard InChI is InChI=1S/C19H19FN6O/c1-12(2)16-10-21-18-23-17(11-26(18)24-16)14-9-13(5-6-15(14)20)22-19(27)25-7-3-4-8-25/h5-6,9-11H,1,3-4,7-8H2,2H3,(H,22,27). The molecule has 1 saturated heterocycles. The summed E-state index contributed by atoms with van der Waals surface area (Å²) >= 11 is 0. The van der Waals surface area contributed by atoms with Crippen molar-refractivity contribution >= 4 is 23.1 Å². The maximum absolute atomic E-state index is 14.4. The fraction of sp³-hybridized carbons (Fsp3) is 0.263. The monoisotopic (exact) mass is 366 g/mol. The van der Waals surface area contributed by atoms with E-state index in [2.05, 4.69) is 27.0 Å². The van der Waals surface area contributed by atoms with Gasteiger partial charge in [0.15, 0.2) is 0 Å². The number of hydrogen-bond acceptors (Lipinski definition) is 4. The smallest absolute Gasteiger partial charge is 0.321 e. The summed E-state index contributed by atoms with van der Waals surface area (Å²) in [6.45, 7) is 7.17. The molecular weight excluding hydrogens is 347 g/mol. The van der Waals surface area contributed by atoms with Crippen molar-refractivity contribution in [3.63, 3.8) is 0 Å². The molecule has 0 spiro atoms. The average Bonchev–Trinajstić information content (AvgIpc) is 3.32. The third-order valence-electron chi connectivity index (χ3n) is 4.51. The van der Waals surface area contributed by atoms with E-state index in [-0.39, 0.29) is 11.6 Å². The highest BCUT2D eigenvalue weighted by molar-refractivity contribution is 5.90. The zero-order valence-electron chi connectivity index (χ0n) is 14.9. The second-order valence-corrected chi connectivity index (χ2v) is 6.61. The van der Waals surface area contributed by atoms with E-state index in [4.69, 9.17) is 0 Å². The van der Waals surface area contributed by atoms with Crippen LogP contribution in [-0.4, -0.2) is 43.6 Å². The van der Waals surface area contributed by atoms with Gasteiger partial charge in [0, 0.05) is 24.3 Å². The third-order valence-corrected chi connectivity index (χ3v) is 4.51. The second kappa shape index (κ2) is 6.79. The van der Waals surface area contributed by atoms with Gasteiger partial charge in [0.1, 0.15) is 11.5 Å². The Labute approximate surface area is 155 Å². The molecule has 0 unspecified atom stereocenters. The summed E-state index contributed by atoms with van der Waals surface area (Å²) in [4.78, 5) is 22.6. The highest BCUT2D eigenvalue weighted by Gasteiger charge is 2.19. The molecule has 3 aromatic rings. The molecule has 8 heteroatoms. The lowest BCUT2D eigenvalue weighted by molar-refractivity contribution is 0.222. The molecule has 4 rings (SSSR count). The molecule has 2 aromatic heterocycles. The number of amides is 2. The van der Waals surface area contributed by atoms with Crippen molar-refractivity contribution in [3.05, 3.63) is 48.7 Å². The number of imidazole rings is 1. The lowest BCUT2D eigenvalue weighted by Gasteiger charge is -2.16. The van der Waals surface area contributed by atoms with Gasteiger partial charge in [-0.15, -0.1) is 0 Å². The van der Waals surface area contributed by atoms with Crippen molar-refractivity contribution < 1.29 is 9.18 Å². The number of allylic oxidation sites excluding steroid dienone is 1. The number of hydrogen-bond donors (Lipinski definition) is 1. The van der Waals surface area contributed by atoms with Crippen LogP contribution in [0.15, 0.2) is 37.2 Å². The van der Waals surface area contributed by atoms with Crippen LogP contribution in [0.3, 0.4) is 0 Å². The van der Waals surface area contributed by atoms with Crippen LogP contribution in [-0.2, 0) is 0 Å². The van der Waals surface area contributed by atoms with Gasteiger partial charge in [-0.2, -0.15) is 5.10 Å². The Bertz CT molecular complexity index is 1040. The highest BCUT2D eigenvalue weighted by Crippen LogP contribution is 2.26. The van der Waals surface area contributed by atoms with Crippen LogP contribution in [0.2, 0.25) is 0 Å². The number of rotatable bonds is 3. The topological polar surface area (TPSA) is 75.4 Å². The second-order valence-electron chi connectivity index (χ2n) is 6.61. The van der Waals surface area contributed by atoms with Gasteiger partial charge in [-0.3, -0.25) is 0 Å². The fourth-order valence-electron chi connectivity index (χ4n) is 3.03. The van der Waals surface area contributed by atoms with Crippen molar-refractivity contribution in [3.8, 4) is 11.3 Å². The summed E-state index contributed by atoms with van der Waals surface area (Å²) < 4.78 is 15.9. The Morgan fingerprint density at radius 3 is 2.81 bits per heavy atom. The summed E-state index contributed by atoms with van der Waals surface area (Å²) in [6, 6.07) is 4.26. The first-order valence-electron chi connectivity index (χ1n) is 8.75. The van der Waals surface area contributed by atoms with Crippen molar-refractivity contribution in [2.24, 2.45) is 0 Å². The lowest BCUT2D eigenvalue weighted by Crippen LogP contribution is -2.32. The number of likely N-dealkylation sites (tertiary alicyclic amines) is 1. The van der Waals surface area contributed by atoms with Crippen LogP contribution in [0, 0.1) is 5.82 Å². The molecule has 1 aliphatic heterocycles. The largest absolute Gasteiger partial charge is 0.325 e. The molecule has 0 aliphatic carbocycles. The number of benzene rings is 1. The Kier molecular flexibility index (Phi) is 4.31. The van der Waals surface area contributed by atoms with E-state index < -0.39 is 5.82 Å². The molecular formula is C19H19FN6O. The van der Waals surface area contributed by atoms with E-state index in [0.717, 1.165) is 31.5 Å². The molecule has 1 fully saturated rings. The molecule has 0 bridgehead atoms. The van der Waals surface area contributed by atoms with E-state index in [9.17, 15) is 9.18 Å². The van der Waals surface area contributed by atoms with Gasteiger partial charge in [0.25, 0.3) is 5.78 Å². The first kappa shape index (κ1) is 17.1. The molecule has 0 radical (unpaired) electrons. The van der Waals surface area contributed by atoms with Crippen molar-refractivity contribution in [2.75, 3.05) is 18.4 Å².